The fourth-order valence-corrected chi connectivity index (χ4v) is 2.69. The number of halogens is 9. The summed E-state index contributed by atoms with van der Waals surface area (Å²) >= 11 is 17.0. The normalized spacial score (nSPS) is 18.8. The lowest BCUT2D eigenvalue weighted by atomic mass is 10.1. The molecule has 0 bridgehead atoms. The summed E-state index contributed by atoms with van der Waals surface area (Å²) in [6.07, 6.45) is -5.80. The first-order valence-electron chi connectivity index (χ1n) is 7.07. The third-order valence-electron chi connectivity index (χ3n) is 3.60. The Morgan fingerprint density at radius 1 is 1.19 bits per heavy atom. The maximum atomic E-state index is 14.4. The van der Waals surface area contributed by atoms with Gasteiger partial charge in [0.25, 0.3) is 5.91 Å². The van der Waals surface area contributed by atoms with Crippen molar-refractivity contribution in [3.63, 3.8) is 0 Å². The Hall–Kier alpha value is -1.39. The molecule has 13 heteroatoms. The van der Waals surface area contributed by atoms with E-state index in [2.05, 4.69) is 5.32 Å². The topological polar surface area (TPSA) is 58.2 Å². The van der Waals surface area contributed by atoms with Crippen LogP contribution < -0.4 is 10.6 Å². The summed E-state index contributed by atoms with van der Waals surface area (Å²) in [4.78, 5) is 23.7. The molecular weight excluding hydrogens is 449 g/mol. The molecule has 2 N–H and O–H groups in total. The molecule has 1 aliphatic rings. The van der Waals surface area contributed by atoms with Gasteiger partial charge in [-0.3, -0.25) is 9.59 Å². The van der Waals surface area contributed by atoms with Gasteiger partial charge in [0.05, 0.1) is 28.7 Å². The molecule has 2 amide bonds. The highest BCUT2D eigenvalue weighted by molar-refractivity contribution is 6.52. The van der Waals surface area contributed by atoms with E-state index in [0.29, 0.717) is 0 Å². The van der Waals surface area contributed by atoms with Crippen molar-refractivity contribution in [2.45, 2.75) is 22.9 Å². The van der Waals surface area contributed by atoms with Gasteiger partial charge in [-0.15, -0.1) is 23.2 Å². The van der Waals surface area contributed by atoms with E-state index in [1.165, 1.54) is 5.32 Å². The first-order chi connectivity index (χ1) is 12.2. The Labute approximate surface area is 163 Å². The first-order valence-corrected chi connectivity index (χ1v) is 8.20. The van der Waals surface area contributed by atoms with Crippen LogP contribution in [0.2, 0.25) is 5.02 Å². The van der Waals surface area contributed by atoms with Crippen LogP contribution in [0.3, 0.4) is 0 Å². The van der Waals surface area contributed by atoms with Crippen LogP contribution in [0.25, 0.3) is 0 Å². The van der Waals surface area contributed by atoms with Gasteiger partial charge >= 0.3 is 12.1 Å². The van der Waals surface area contributed by atoms with Crippen molar-refractivity contribution in [1.82, 2.24) is 5.32 Å². The summed E-state index contributed by atoms with van der Waals surface area (Å²) in [5.41, 5.74) is -1.56. The van der Waals surface area contributed by atoms with Crippen LogP contribution in [0.1, 0.15) is 16.8 Å². The summed E-state index contributed by atoms with van der Waals surface area (Å²) in [5, 5.41) is 2.80. The second-order valence-corrected chi connectivity index (χ2v) is 7.63. The van der Waals surface area contributed by atoms with Gasteiger partial charge in [-0.2, -0.15) is 22.0 Å². The molecule has 0 aromatic heterocycles. The minimum Gasteiger partial charge on any atom is -0.345 e. The standard InChI is InChI=1S/C14H9Cl3F6N2O2/c15-6-1-2-7(25-10(26)5-3-12(5,16)17)9(18)8(6)11(27)24-4-13(19,20)14(21,22)23/h1-2,5H,3-4H2,(H,24,27)(H,25,26). The minimum atomic E-state index is -5.90. The van der Waals surface area contributed by atoms with E-state index in [1.807, 2.05) is 0 Å². The summed E-state index contributed by atoms with van der Waals surface area (Å²) in [6.45, 7) is -2.12. The van der Waals surface area contributed by atoms with Crippen molar-refractivity contribution in [3.05, 3.63) is 28.5 Å². The largest absolute Gasteiger partial charge is 0.455 e. The Kier molecular flexibility index (Phi) is 5.85. The van der Waals surface area contributed by atoms with Gasteiger partial charge < -0.3 is 10.6 Å². The van der Waals surface area contributed by atoms with E-state index >= 15 is 0 Å². The Morgan fingerprint density at radius 2 is 1.74 bits per heavy atom. The molecule has 27 heavy (non-hydrogen) atoms. The Balaban J connectivity index is 2.17. The van der Waals surface area contributed by atoms with Crippen LogP contribution in [-0.2, 0) is 4.79 Å². The van der Waals surface area contributed by atoms with Crippen molar-refractivity contribution in [2.24, 2.45) is 5.92 Å². The quantitative estimate of drug-likeness (QED) is 0.504. The second-order valence-electron chi connectivity index (χ2n) is 5.68. The van der Waals surface area contributed by atoms with E-state index in [-0.39, 0.29) is 6.42 Å². The molecule has 1 unspecified atom stereocenters. The van der Waals surface area contributed by atoms with E-state index in [9.17, 15) is 35.9 Å². The fraction of sp³-hybridized carbons (Fsp3) is 0.429. The number of hydrogen-bond donors (Lipinski definition) is 2. The zero-order valence-corrected chi connectivity index (χ0v) is 15.1. The summed E-state index contributed by atoms with van der Waals surface area (Å²) < 4.78 is 75.3. The number of rotatable bonds is 5. The van der Waals surface area contributed by atoms with Crippen LogP contribution in [0, 0.1) is 11.7 Å². The lowest BCUT2D eigenvalue weighted by Gasteiger charge is -2.20. The van der Waals surface area contributed by atoms with E-state index in [0.717, 1.165) is 12.1 Å². The van der Waals surface area contributed by atoms with Crippen LogP contribution in [0.15, 0.2) is 12.1 Å². The lowest BCUT2D eigenvalue weighted by molar-refractivity contribution is -0.278. The molecule has 2 rings (SSSR count). The molecule has 1 aromatic carbocycles. The zero-order valence-electron chi connectivity index (χ0n) is 12.9. The number of nitrogens with one attached hydrogen (secondary N) is 2. The Morgan fingerprint density at radius 3 is 2.22 bits per heavy atom. The maximum absolute atomic E-state index is 14.4. The van der Waals surface area contributed by atoms with Crippen molar-refractivity contribution in [3.8, 4) is 0 Å². The highest BCUT2D eigenvalue weighted by atomic mass is 35.5. The molecule has 1 aromatic rings. The van der Waals surface area contributed by atoms with Crippen molar-refractivity contribution in [1.29, 1.82) is 0 Å². The van der Waals surface area contributed by atoms with Crippen LogP contribution >= 0.6 is 34.8 Å². The van der Waals surface area contributed by atoms with Gasteiger partial charge in [-0.25, -0.2) is 4.39 Å². The number of carbonyl (C=O) groups excluding carboxylic acids is 2. The molecule has 1 saturated carbocycles. The second kappa shape index (κ2) is 7.21. The third-order valence-corrected chi connectivity index (χ3v) is 4.75. The number of alkyl halides is 7. The lowest BCUT2D eigenvalue weighted by Crippen LogP contribution is -2.47. The van der Waals surface area contributed by atoms with Gasteiger partial charge in [0.1, 0.15) is 4.33 Å². The predicted octanol–water partition coefficient (Wildman–Crippen LogP) is 4.54. The number of benzene rings is 1. The number of carbonyl (C=O) groups is 2. The first kappa shape index (κ1) is 21.9. The molecular formula is C14H9Cl3F6N2O2. The van der Waals surface area contributed by atoms with E-state index in [4.69, 9.17) is 34.8 Å². The third kappa shape index (κ3) is 4.72. The van der Waals surface area contributed by atoms with Gasteiger partial charge in [-0.1, -0.05) is 11.6 Å². The molecule has 0 saturated heterocycles. The Bertz CT molecular complexity index is 785. The average Bonchev–Trinajstić information content (AvgIpc) is 3.16. The maximum Gasteiger partial charge on any atom is 0.455 e. The summed E-state index contributed by atoms with van der Waals surface area (Å²) in [5.74, 6) is -9.87. The van der Waals surface area contributed by atoms with Crippen LogP contribution in [0.4, 0.5) is 32.0 Å². The molecule has 1 aliphatic carbocycles. The molecule has 0 aliphatic heterocycles. The zero-order chi connectivity index (χ0) is 20.8. The molecule has 4 nitrogen and oxygen atoms in total. The molecule has 1 fully saturated rings. The molecule has 1 atom stereocenters. The van der Waals surface area contributed by atoms with Crippen molar-refractivity contribution >= 4 is 52.3 Å². The SMILES string of the molecule is O=C(NCC(F)(F)C(F)(F)F)c1c(Cl)ccc(NC(=O)C2CC2(Cl)Cl)c1F. The highest BCUT2D eigenvalue weighted by Crippen LogP contribution is 2.53. The predicted molar refractivity (Wildman–Crippen MR) is 85.9 cm³/mol. The minimum absolute atomic E-state index is 0.108. The fourth-order valence-electron chi connectivity index (χ4n) is 1.95. The van der Waals surface area contributed by atoms with Crippen LogP contribution in [-0.4, -0.2) is 34.8 Å². The number of anilines is 1. The smallest absolute Gasteiger partial charge is 0.345 e. The van der Waals surface area contributed by atoms with Gasteiger partial charge in [-0.05, 0) is 18.6 Å². The van der Waals surface area contributed by atoms with Crippen LogP contribution in [0.5, 0.6) is 0 Å². The molecule has 150 valence electrons. The van der Waals surface area contributed by atoms with Gasteiger partial charge in [0.2, 0.25) is 5.91 Å². The summed E-state index contributed by atoms with van der Waals surface area (Å²) in [7, 11) is 0. The number of hydrogen-bond acceptors (Lipinski definition) is 2. The van der Waals surface area contributed by atoms with Crippen molar-refractivity contribution in [2.75, 3.05) is 11.9 Å². The molecule has 0 radical (unpaired) electrons. The molecule has 0 spiro atoms. The van der Waals surface area contributed by atoms with E-state index in [1.54, 1.807) is 0 Å². The average molecular weight is 458 g/mol. The van der Waals surface area contributed by atoms with Gasteiger partial charge in [0, 0.05) is 0 Å². The van der Waals surface area contributed by atoms with E-state index < -0.39 is 62.8 Å². The molecule has 0 heterocycles. The summed E-state index contributed by atoms with van der Waals surface area (Å²) in [6, 6.07) is 1.93. The monoisotopic (exact) mass is 456 g/mol. The number of amides is 2. The van der Waals surface area contributed by atoms with Gasteiger partial charge in [0.15, 0.2) is 5.82 Å². The highest BCUT2D eigenvalue weighted by Gasteiger charge is 2.57. The van der Waals surface area contributed by atoms with Crippen molar-refractivity contribution < 1.29 is 35.9 Å².